The second-order valence-electron chi connectivity index (χ2n) is 5.37. The Morgan fingerprint density at radius 2 is 2.16 bits per heavy atom. The number of anilines is 1. The zero-order valence-corrected chi connectivity index (χ0v) is 11.6. The third kappa shape index (κ3) is 3.25. The molecule has 1 aliphatic rings. The standard InChI is InChI=1S/C15H21FN2O/c1-3-6-18(9-11-4-5-11)15(19)12-7-13(16)10(2)14(17)8-12/h7-8,11H,3-6,9,17H2,1-2H3. The van der Waals surface area contributed by atoms with E-state index in [0.717, 1.165) is 13.0 Å². The largest absolute Gasteiger partial charge is 0.398 e. The lowest BCUT2D eigenvalue weighted by molar-refractivity contribution is 0.0747. The fourth-order valence-corrected chi connectivity index (χ4v) is 2.16. The molecule has 0 aliphatic heterocycles. The number of benzene rings is 1. The van der Waals surface area contributed by atoms with Crippen LogP contribution >= 0.6 is 0 Å². The number of carbonyl (C=O) groups is 1. The second-order valence-corrected chi connectivity index (χ2v) is 5.37. The predicted octanol–water partition coefficient (Wildman–Crippen LogP) is 2.98. The van der Waals surface area contributed by atoms with Crippen molar-refractivity contribution in [1.82, 2.24) is 4.90 Å². The Hall–Kier alpha value is -1.58. The molecular formula is C15H21FN2O. The van der Waals surface area contributed by atoms with Gasteiger partial charge >= 0.3 is 0 Å². The summed E-state index contributed by atoms with van der Waals surface area (Å²) in [4.78, 5) is 14.2. The van der Waals surface area contributed by atoms with Gasteiger partial charge in [0.1, 0.15) is 5.82 Å². The third-order valence-corrected chi connectivity index (χ3v) is 3.59. The molecule has 0 radical (unpaired) electrons. The molecule has 3 nitrogen and oxygen atoms in total. The van der Waals surface area contributed by atoms with Gasteiger partial charge in [-0.15, -0.1) is 0 Å². The molecule has 0 heterocycles. The maximum absolute atomic E-state index is 13.7. The maximum Gasteiger partial charge on any atom is 0.254 e. The van der Waals surface area contributed by atoms with Crippen molar-refractivity contribution < 1.29 is 9.18 Å². The molecule has 0 atom stereocenters. The predicted molar refractivity (Wildman–Crippen MR) is 74.5 cm³/mol. The Bertz CT molecular complexity index is 460. The van der Waals surface area contributed by atoms with Crippen LogP contribution in [-0.2, 0) is 0 Å². The molecule has 1 aromatic carbocycles. The van der Waals surface area contributed by atoms with E-state index < -0.39 is 5.82 Å². The summed E-state index contributed by atoms with van der Waals surface area (Å²) in [6.07, 6.45) is 3.29. The number of hydrogen-bond donors (Lipinski definition) is 1. The molecule has 4 heteroatoms. The van der Waals surface area contributed by atoms with Crippen LogP contribution in [-0.4, -0.2) is 23.9 Å². The van der Waals surface area contributed by atoms with Crippen molar-refractivity contribution in [2.24, 2.45) is 5.92 Å². The van der Waals surface area contributed by atoms with Gasteiger partial charge in [0, 0.05) is 29.9 Å². The van der Waals surface area contributed by atoms with E-state index >= 15 is 0 Å². The number of nitrogen functional groups attached to an aromatic ring is 1. The highest BCUT2D eigenvalue weighted by atomic mass is 19.1. The fraction of sp³-hybridized carbons (Fsp3) is 0.533. The van der Waals surface area contributed by atoms with Crippen LogP contribution in [0.1, 0.15) is 42.1 Å². The molecule has 0 saturated heterocycles. The summed E-state index contributed by atoms with van der Waals surface area (Å²) in [7, 11) is 0. The van der Waals surface area contributed by atoms with Gasteiger partial charge in [0.05, 0.1) is 0 Å². The molecule has 0 aromatic heterocycles. The molecule has 1 aromatic rings. The minimum atomic E-state index is -0.411. The molecule has 104 valence electrons. The van der Waals surface area contributed by atoms with E-state index in [1.807, 2.05) is 11.8 Å². The van der Waals surface area contributed by atoms with E-state index in [1.54, 1.807) is 13.0 Å². The van der Waals surface area contributed by atoms with E-state index in [4.69, 9.17) is 5.73 Å². The van der Waals surface area contributed by atoms with Crippen LogP contribution in [0.5, 0.6) is 0 Å². The molecule has 0 bridgehead atoms. The first-order valence-corrected chi connectivity index (χ1v) is 6.87. The lowest BCUT2D eigenvalue weighted by Crippen LogP contribution is -2.33. The Morgan fingerprint density at radius 3 is 2.68 bits per heavy atom. The van der Waals surface area contributed by atoms with Crippen molar-refractivity contribution in [3.8, 4) is 0 Å². The van der Waals surface area contributed by atoms with Gasteiger partial charge in [0.15, 0.2) is 0 Å². The fourth-order valence-electron chi connectivity index (χ4n) is 2.16. The number of halogens is 1. The molecule has 1 amide bonds. The first kappa shape index (κ1) is 13.8. The molecular weight excluding hydrogens is 243 g/mol. The summed E-state index contributed by atoms with van der Waals surface area (Å²) in [5.41, 5.74) is 6.84. The number of carbonyl (C=O) groups excluding carboxylic acids is 1. The van der Waals surface area contributed by atoms with Gasteiger partial charge < -0.3 is 10.6 Å². The molecule has 0 unspecified atom stereocenters. The number of rotatable bonds is 5. The first-order chi connectivity index (χ1) is 9.02. The molecule has 19 heavy (non-hydrogen) atoms. The van der Waals surface area contributed by atoms with Crippen molar-refractivity contribution in [3.63, 3.8) is 0 Å². The van der Waals surface area contributed by atoms with Crippen LogP contribution < -0.4 is 5.73 Å². The van der Waals surface area contributed by atoms with Crippen LogP contribution in [0, 0.1) is 18.7 Å². The molecule has 1 aliphatic carbocycles. The van der Waals surface area contributed by atoms with Crippen LogP contribution in [0.3, 0.4) is 0 Å². The highest BCUT2D eigenvalue weighted by molar-refractivity contribution is 5.95. The van der Waals surface area contributed by atoms with Gasteiger partial charge in [0.2, 0.25) is 0 Å². The SMILES string of the molecule is CCCN(CC1CC1)C(=O)c1cc(N)c(C)c(F)c1. The Labute approximate surface area is 113 Å². The third-order valence-electron chi connectivity index (χ3n) is 3.59. The summed E-state index contributed by atoms with van der Waals surface area (Å²) in [6.45, 7) is 5.15. The first-order valence-electron chi connectivity index (χ1n) is 6.87. The van der Waals surface area contributed by atoms with E-state index in [9.17, 15) is 9.18 Å². The zero-order valence-electron chi connectivity index (χ0n) is 11.6. The molecule has 1 fully saturated rings. The quantitative estimate of drug-likeness (QED) is 0.831. The smallest absolute Gasteiger partial charge is 0.254 e. The lowest BCUT2D eigenvalue weighted by Gasteiger charge is -2.22. The average molecular weight is 264 g/mol. The van der Waals surface area contributed by atoms with Gasteiger partial charge in [-0.05, 0) is 44.2 Å². The van der Waals surface area contributed by atoms with E-state index in [1.165, 1.54) is 18.9 Å². The van der Waals surface area contributed by atoms with Gasteiger partial charge in [-0.2, -0.15) is 0 Å². The normalized spacial score (nSPS) is 14.5. The topological polar surface area (TPSA) is 46.3 Å². The summed E-state index contributed by atoms with van der Waals surface area (Å²) in [5.74, 6) is 0.105. The van der Waals surface area contributed by atoms with Crippen molar-refractivity contribution >= 4 is 11.6 Å². The minimum absolute atomic E-state index is 0.112. The Balaban J connectivity index is 2.20. The lowest BCUT2D eigenvalue weighted by atomic mass is 10.1. The van der Waals surface area contributed by atoms with Crippen molar-refractivity contribution in [1.29, 1.82) is 0 Å². The molecule has 2 rings (SSSR count). The van der Waals surface area contributed by atoms with Crippen molar-refractivity contribution in [3.05, 3.63) is 29.1 Å². The maximum atomic E-state index is 13.7. The van der Waals surface area contributed by atoms with E-state index in [-0.39, 0.29) is 5.91 Å². The van der Waals surface area contributed by atoms with Crippen molar-refractivity contribution in [2.75, 3.05) is 18.8 Å². The van der Waals surface area contributed by atoms with E-state index in [2.05, 4.69) is 0 Å². The van der Waals surface area contributed by atoms with Crippen LogP contribution in [0.4, 0.5) is 10.1 Å². The number of nitrogens with two attached hydrogens (primary N) is 1. The summed E-state index contributed by atoms with van der Waals surface area (Å²) in [6, 6.07) is 2.87. The molecule has 1 saturated carbocycles. The number of hydrogen-bond acceptors (Lipinski definition) is 2. The van der Waals surface area contributed by atoms with Crippen LogP contribution in [0.2, 0.25) is 0 Å². The van der Waals surface area contributed by atoms with Crippen molar-refractivity contribution in [2.45, 2.75) is 33.1 Å². The second kappa shape index (κ2) is 5.59. The van der Waals surface area contributed by atoms with Gasteiger partial charge in [0.25, 0.3) is 5.91 Å². The monoisotopic (exact) mass is 264 g/mol. The minimum Gasteiger partial charge on any atom is -0.398 e. The summed E-state index contributed by atoms with van der Waals surface area (Å²) in [5, 5.41) is 0. The number of amides is 1. The molecule has 0 spiro atoms. The van der Waals surface area contributed by atoms with E-state index in [0.29, 0.717) is 29.3 Å². The summed E-state index contributed by atoms with van der Waals surface area (Å²) < 4.78 is 13.7. The highest BCUT2D eigenvalue weighted by Crippen LogP contribution is 2.30. The zero-order chi connectivity index (χ0) is 14.0. The van der Waals surface area contributed by atoms with Gasteiger partial charge in [-0.3, -0.25) is 4.79 Å². The average Bonchev–Trinajstić information content (AvgIpc) is 3.18. The van der Waals surface area contributed by atoms with Gasteiger partial charge in [-0.25, -0.2) is 4.39 Å². The highest BCUT2D eigenvalue weighted by Gasteiger charge is 2.27. The molecule has 2 N–H and O–H groups in total. The van der Waals surface area contributed by atoms with Crippen LogP contribution in [0.25, 0.3) is 0 Å². The van der Waals surface area contributed by atoms with Crippen LogP contribution in [0.15, 0.2) is 12.1 Å². The number of nitrogens with zero attached hydrogens (tertiary/aromatic N) is 1. The van der Waals surface area contributed by atoms with Gasteiger partial charge in [-0.1, -0.05) is 6.92 Å². The Kier molecular flexibility index (Phi) is 4.08. The summed E-state index contributed by atoms with van der Waals surface area (Å²) >= 11 is 0. The Morgan fingerprint density at radius 1 is 1.47 bits per heavy atom.